The Balaban J connectivity index is 1.86. The molecule has 1 aromatic heterocycles. The number of ether oxygens (including phenoxy) is 1. The standard InChI is InChI=1S/C22H19N3O4S/c1-2-23-16-10-6-7-11-18(16)29-19(23)13-12-17-21(28)25(15-8-4-3-5-9-15)22(30)24(17)14-20(26)27/h3-12,28H,2,14H2,1H3,(H,26,27). The summed E-state index contributed by atoms with van der Waals surface area (Å²) < 4.78 is 8.83. The van der Waals surface area contributed by atoms with Crippen molar-refractivity contribution < 1.29 is 19.7 Å². The van der Waals surface area contributed by atoms with Gasteiger partial charge in [-0.2, -0.15) is 0 Å². The number of fused-ring (bicyclic) bond motifs is 1. The van der Waals surface area contributed by atoms with Crippen molar-refractivity contribution in [2.24, 2.45) is 0 Å². The fraction of sp³-hybridized carbons (Fsp3) is 0.136. The Morgan fingerprint density at radius 2 is 1.87 bits per heavy atom. The number of anilines is 1. The van der Waals surface area contributed by atoms with Gasteiger partial charge in [-0.1, -0.05) is 36.1 Å². The molecular weight excluding hydrogens is 402 g/mol. The molecule has 1 aliphatic heterocycles. The SMILES string of the molecule is CCN1C(=C=Cc2c(O)n(-c3ccccc3)c(=S)n2CC(=O)O)Oc2ccccc21. The molecule has 2 heterocycles. The van der Waals surface area contributed by atoms with E-state index in [1.54, 1.807) is 12.1 Å². The maximum atomic E-state index is 11.4. The summed E-state index contributed by atoms with van der Waals surface area (Å²) >= 11 is 5.46. The smallest absolute Gasteiger partial charge is 0.323 e. The first-order valence-electron chi connectivity index (χ1n) is 9.34. The molecule has 0 radical (unpaired) electrons. The van der Waals surface area contributed by atoms with Crippen molar-refractivity contribution in [1.29, 1.82) is 0 Å². The molecule has 1 aliphatic rings. The van der Waals surface area contributed by atoms with E-state index in [4.69, 9.17) is 17.0 Å². The molecule has 2 aromatic carbocycles. The molecule has 0 unspecified atom stereocenters. The lowest BCUT2D eigenvalue weighted by molar-refractivity contribution is -0.137. The van der Waals surface area contributed by atoms with Crippen LogP contribution in [0.1, 0.15) is 12.6 Å². The van der Waals surface area contributed by atoms with Crippen LogP contribution in [-0.4, -0.2) is 31.9 Å². The first kappa shape index (κ1) is 19.6. The molecule has 0 saturated carbocycles. The van der Waals surface area contributed by atoms with Gasteiger partial charge in [0.1, 0.15) is 12.2 Å². The van der Waals surface area contributed by atoms with Gasteiger partial charge in [0.15, 0.2) is 10.5 Å². The highest BCUT2D eigenvalue weighted by molar-refractivity contribution is 7.71. The molecule has 0 aliphatic carbocycles. The number of carboxylic acid groups (broad SMARTS) is 1. The quantitative estimate of drug-likeness (QED) is 0.475. The number of rotatable bonds is 5. The van der Waals surface area contributed by atoms with Gasteiger partial charge >= 0.3 is 5.97 Å². The van der Waals surface area contributed by atoms with Crippen LogP contribution in [0.4, 0.5) is 5.69 Å². The van der Waals surface area contributed by atoms with Crippen molar-refractivity contribution in [2.75, 3.05) is 11.4 Å². The second kappa shape index (κ2) is 7.94. The van der Waals surface area contributed by atoms with Gasteiger partial charge in [-0.05, 0) is 43.4 Å². The molecule has 4 rings (SSSR count). The molecule has 0 fully saturated rings. The van der Waals surface area contributed by atoms with E-state index in [2.05, 4.69) is 5.73 Å². The predicted molar refractivity (Wildman–Crippen MR) is 115 cm³/mol. The summed E-state index contributed by atoms with van der Waals surface area (Å²) in [5.41, 5.74) is 4.84. The highest BCUT2D eigenvalue weighted by atomic mass is 32.1. The monoisotopic (exact) mass is 421 g/mol. The van der Waals surface area contributed by atoms with Crippen LogP contribution in [0.25, 0.3) is 11.8 Å². The predicted octanol–water partition coefficient (Wildman–Crippen LogP) is 4.17. The number of carbonyl (C=O) groups is 1. The summed E-state index contributed by atoms with van der Waals surface area (Å²) in [6.07, 6.45) is 1.50. The van der Waals surface area contributed by atoms with Crippen molar-refractivity contribution in [3.05, 3.63) is 76.7 Å². The number of aromatic nitrogens is 2. The zero-order valence-electron chi connectivity index (χ0n) is 16.1. The van der Waals surface area contributed by atoms with Gasteiger partial charge < -0.3 is 24.4 Å². The number of nitrogens with zero attached hydrogens (tertiary/aromatic N) is 3. The minimum atomic E-state index is -1.07. The number of para-hydroxylation sites is 3. The largest absolute Gasteiger partial charge is 0.493 e. The lowest BCUT2D eigenvalue weighted by atomic mass is 10.3. The molecule has 8 heteroatoms. The van der Waals surface area contributed by atoms with Gasteiger partial charge in [0.05, 0.1) is 11.4 Å². The Labute approximate surface area is 178 Å². The molecule has 0 atom stereocenters. The first-order chi connectivity index (χ1) is 14.5. The van der Waals surface area contributed by atoms with Crippen LogP contribution in [0.3, 0.4) is 0 Å². The summed E-state index contributed by atoms with van der Waals surface area (Å²) in [6, 6.07) is 16.6. The average Bonchev–Trinajstić information content (AvgIpc) is 3.21. The molecule has 152 valence electrons. The van der Waals surface area contributed by atoms with E-state index >= 15 is 0 Å². The zero-order valence-corrected chi connectivity index (χ0v) is 17.0. The van der Waals surface area contributed by atoms with Crippen LogP contribution in [0.2, 0.25) is 0 Å². The molecule has 0 spiro atoms. The minimum absolute atomic E-state index is 0.167. The molecule has 30 heavy (non-hydrogen) atoms. The summed E-state index contributed by atoms with van der Waals surface area (Å²) in [7, 11) is 0. The van der Waals surface area contributed by atoms with Crippen molar-refractivity contribution in [3.8, 4) is 17.3 Å². The topological polar surface area (TPSA) is 79.9 Å². The fourth-order valence-corrected chi connectivity index (χ4v) is 3.73. The maximum absolute atomic E-state index is 11.4. The Morgan fingerprint density at radius 3 is 2.57 bits per heavy atom. The van der Waals surface area contributed by atoms with E-state index in [9.17, 15) is 15.0 Å². The normalized spacial score (nSPS) is 12.3. The van der Waals surface area contributed by atoms with Crippen LogP contribution in [-0.2, 0) is 11.3 Å². The first-order valence-corrected chi connectivity index (χ1v) is 9.75. The molecule has 2 N–H and O–H groups in total. The average molecular weight is 421 g/mol. The van der Waals surface area contributed by atoms with E-state index in [1.165, 1.54) is 15.2 Å². The van der Waals surface area contributed by atoms with Gasteiger partial charge in [-0.3, -0.25) is 9.36 Å². The molecule has 0 saturated heterocycles. The molecule has 3 aromatic rings. The van der Waals surface area contributed by atoms with E-state index in [0.29, 0.717) is 23.9 Å². The van der Waals surface area contributed by atoms with Crippen molar-refractivity contribution in [3.63, 3.8) is 0 Å². The molecule has 7 nitrogen and oxygen atoms in total. The summed E-state index contributed by atoms with van der Waals surface area (Å²) in [6.45, 7) is 2.25. The maximum Gasteiger partial charge on any atom is 0.323 e. The third-order valence-corrected chi connectivity index (χ3v) is 5.12. The van der Waals surface area contributed by atoms with Gasteiger partial charge in [-0.15, -0.1) is 0 Å². The number of hydrogen-bond donors (Lipinski definition) is 2. The van der Waals surface area contributed by atoms with Crippen LogP contribution in [0, 0.1) is 4.77 Å². The zero-order chi connectivity index (χ0) is 21.3. The second-order valence-corrected chi connectivity index (χ2v) is 6.92. The number of carboxylic acids is 1. The van der Waals surface area contributed by atoms with Crippen molar-refractivity contribution in [2.45, 2.75) is 13.5 Å². The Kier molecular flexibility index (Phi) is 5.18. The Bertz CT molecular complexity index is 1240. The Hall–Kier alpha value is -3.74. The van der Waals surface area contributed by atoms with E-state index in [1.807, 2.05) is 54.3 Å². The van der Waals surface area contributed by atoms with Crippen LogP contribution < -0.4 is 9.64 Å². The highest BCUT2D eigenvalue weighted by Crippen LogP contribution is 2.38. The van der Waals surface area contributed by atoms with Crippen LogP contribution in [0.5, 0.6) is 11.6 Å². The second-order valence-electron chi connectivity index (χ2n) is 6.55. The van der Waals surface area contributed by atoms with Crippen molar-refractivity contribution >= 4 is 30.0 Å². The summed E-state index contributed by atoms with van der Waals surface area (Å²) in [4.78, 5) is 13.3. The molecule has 0 amide bonds. The number of hydrogen-bond acceptors (Lipinski definition) is 5. The summed E-state index contributed by atoms with van der Waals surface area (Å²) in [5, 5.41) is 20.2. The highest BCUT2D eigenvalue weighted by Gasteiger charge is 2.24. The third kappa shape index (κ3) is 3.39. The molecule has 0 bridgehead atoms. The number of aromatic hydroxyl groups is 1. The van der Waals surface area contributed by atoms with E-state index in [-0.39, 0.29) is 16.3 Å². The van der Waals surface area contributed by atoms with Gasteiger partial charge in [-0.25, -0.2) is 0 Å². The van der Waals surface area contributed by atoms with Crippen LogP contribution >= 0.6 is 12.2 Å². The van der Waals surface area contributed by atoms with E-state index in [0.717, 1.165) is 5.69 Å². The third-order valence-electron chi connectivity index (χ3n) is 4.72. The van der Waals surface area contributed by atoms with Gasteiger partial charge in [0.25, 0.3) is 0 Å². The van der Waals surface area contributed by atoms with Crippen LogP contribution in [0.15, 0.2) is 66.2 Å². The Morgan fingerprint density at radius 1 is 1.17 bits per heavy atom. The molecular formula is C22H19N3O4S. The number of aliphatic carboxylic acids is 1. The lowest BCUT2D eigenvalue weighted by Gasteiger charge is -2.13. The number of benzene rings is 2. The summed E-state index contributed by atoms with van der Waals surface area (Å²) in [5.74, 6) is -0.0699. The minimum Gasteiger partial charge on any atom is -0.493 e. The van der Waals surface area contributed by atoms with Gasteiger partial charge in [0, 0.05) is 12.6 Å². The number of imidazole rings is 1. The van der Waals surface area contributed by atoms with E-state index < -0.39 is 12.5 Å². The fourth-order valence-electron chi connectivity index (χ4n) is 3.38. The van der Waals surface area contributed by atoms with Gasteiger partial charge in [0.2, 0.25) is 11.8 Å². The van der Waals surface area contributed by atoms with Crippen molar-refractivity contribution in [1.82, 2.24) is 9.13 Å². The lowest BCUT2D eigenvalue weighted by Crippen LogP contribution is -2.18.